The summed E-state index contributed by atoms with van der Waals surface area (Å²) in [6.45, 7) is 1.19. The zero-order chi connectivity index (χ0) is 14.4. The molecular formula is C14H24N2O4. The number of aliphatic carboxylic acids is 1. The number of carboxylic acids is 1. The van der Waals surface area contributed by atoms with Crippen molar-refractivity contribution in [2.45, 2.75) is 63.0 Å². The molecule has 2 fully saturated rings. The maximum atomic E-state index is 11.9. The molecule has 2 rings (SSSR count). The molecule has 1 atom stereocenters. The SMILES string of the molecule is O=C(NCC1CCCCO1)NC1(C(=O)O)CCCCC1. The van der Waals surface area contributed by atoms with Crippen LogP contribution in [0.3, 0.4) is 0 Å². The molecule has 1 saturated carbocycles. The van der Waals surface area contributed by atoms with E-state index in [4.69, 9.17) is 4.74 Å². The lowest BCUT2D eigenvalue weighted by atomic mass is 9.82. The van der Waals surface area contributed by atoms with Crippen LogP contribution in [0.5, 0.6) is 0 Å². The molecule has 3 N–H and O–H groups in total. The van der Waals surface area contributed by atoms with Crippen LogP contribution in [0.4, 0.5) is 4.79 Å². The Morgan fingerprint density at radius 1 is 1.15 bits per heavy atom. The third kappa shape index (κ3) is 3.85. The number of amides is 2. The minimum Gasteiger partial charge on any atom is -0.480 e. The number of rotatable bonds is 4. The fourth-order valence-electron chi connectivity index (χ4n) is 2.98. The normalized spacial score (nSPS) is 25.7. The van der Waals surface area contributed by atoms with Gasteiger partial charge in [-0.15, -0.1) is 0 Å². The average molecular weight is 284 g/mol. The molecule has 2 amide bonds. The van der Waals surface area contributed by atoms with Crippen molar-refractivity contribution in [1.82, 2.24) is 10.6 Å². The molecule has 114 valence electrons. The van der Waals surface area contributed by atoms with Gasteiger partial charge in [0.15, 0.2) is 0 Å². The van der Waals surface area contributed by atoms with E-state index in [0.29, 0.717) is 19.4 Å². The molecule has 1 aliphatic carbocycles. The molecule has 0 spiro atoms. The summed E-state index contributed by atoms with van der Waals surface area (Å²) >= 11 is 0. The van der Waals surface area contributed by atoms with Gasteiger partial charge in [-0.3, -0.25) is 0 Å². The van der Waals surface area contributed by atoms with Crippen molar-refractivity contribution in [1.29, 1.82) is 0 Å². The smallest absolute Gasteiger partial charge is 0.329 e. The molecule has 1 heterocycles. The van der Waals surface area contributed by atoms with Crippen LogP contribution in [0, 0.1) is 0 Å². The van der Waals surface area contributed by atoms with Crippen LogP contribution >= 0.6 is 0 Å². The van der Waals surface area contributed by atoms with E-state index in [1.807, 2.05) is 0 Å². The van der Waals surface area contributed by atoms with Gasteiger partial charge < -0.3 is 20.5 Å². The summed E-state index contributed by atoms with van der Waals surface area (Å²) < 4.78 is 5.53. The van der Waals surface area contributed by atoms with Crippen LogP contribution in [0.25, 0.3) is 0 Å². The van der Waals surface area contributed by atoms with Crippen molar-refractivity contribution >= 4 is 12.0 Å². The molecule has 0 bridgehead atoms. The first-order valence-corrected chi connectivity index (χ1v) is 7.53. The van der Waals surface area contributed by atoms with E-state index in [0.717, 1.165) is 45.1 Å². The Morgan fingerprint density at radius 2 is 1.90 bits per heavy atom. The van der Waals surface area contributed by atoms with Crippen molar-refractivity contribution in [3.8, 4) is 0 Å². The zero-order valence-corrected chi connectivity index (χ0v) is 11.8. The Kier molecular flexibility index (Phi) is 5.23. The summed E-state index contributed by atoms with van der Waals surface area (Å²) in [4.78, 5) is 23.4. The van der Waals surface area contributed by atoms with E-state index >= 15 is 0 Å². The monoisotopic (exact) mass is 284 g/mol. The Hall–Kier alpha value is -1.30. The molecule has 1 aliphatic heterocycles. The molecule has 1 saturated heterocycles. The lowest BCUT2D eigenvalue weighted by Crippen LogP contribution is -2.58. The van der Waals surface area contributed by atoms with Gasteiger partial charge >= 0.3 is 12.0 Å². The Bertz CT molecular complexity index is 347. The number of urea groups is 1. The average Bonchev–Trinajstić information content (AvgIpc) is 2.47. The highest BCUT2D eigenvalue weighted by Gasteiger charge is 2.41. The number of carbonyl (C=O) groups excluding carboxylic acids is 1. The van der Waals surface area contributed by atoms with E-state index < -0.39 is 17.5 Å². The van der Waals surface area contributed by atoms with Gasteiger partial charge in [-0.1, -0.05) is 19.3 Å². The van der Waals surface area contributed by atoms with Crippen molar-refractivity contribution in [2.24, 2.45) is 0 Å². The van der Waals surface area contributed by atoms with E-state index in [9.17, 15) is 14.7 Å². The lowest BCUT2D eigenvalue weighted by molar-refractivity contribution is -0.145. The molecule has 1 unspecified atom stereocenters. The van der Waals surface area contributed by atoms with Crippen molar-refractivity contribution in [2.75, 3.05) is 13.2 Å². The van der Waals surface area contributed by atoms with Gasteiger partial charge in [-0.05, 0) is 32.1 Å². The second-order valence-electron chi connectivity index (χ2n) is 5.77. The second-order valence-corrected chi connectivity index (χ2v) is 5.77. The summed E-state index contributed by atoms with van der Waals surface area (Å²) in [5, 5.41) is 14.8. The van der Waals surface area contributed by atoms with Gasteiger partial charge in [0.25, 0.3) is 0 Å². The lowest BCUT2D eigenvalue weighted by Gasteiger charge is -2.34. The van der Waals surface area contributed by atoms with Gasteiger partial charge in [0.1, 0.15) is 5.54 Å². The number of hydrogen-bond acceptors (Lipinski definition) is 3. The largest absolute Gasteiger partial charge is 0.480 e. The highest BCUT2D eigenvalue weighted by Crippen LogP contribution is 2.28. The third-order valence-electron chi connectivity index (χ3n) is 4.23. The predicted octanol–water partition coefficient (Wildman–Crippen LogP) is 1.64. The highest BCUT2D eigenvalue weighted by atomic mass is 16.5. The van der Waals surface area contributed by atoms with Crippen molar-refractivity contribution in [3.63, 3.8) is 0 Å². The van der Waals surface area contributed by atoms with Crippen LogP contribution in [-0.4, -0.2) is 41.9 Å². The summed E-state index contributed by atoms with van der Waals surface area (Å²) in [5.41, 5.74) is -1.09. The van der Waals surface area contributed by atoms with Gasteiger partial charge in [-0.25, -0.2) is 9.59 Å². The number of hydrogen-bond donors (Lipinski definition) is 3. The van der Waals surface area contributed by atoms with E-state index in [-0.39, 0.29) is 6.10 Å². The van der Waals surface area contributed by atoms with Crippen LogP contribution in [0.1, 0.15) is 51.4 Å². The molecule has 0 aromatic carbocycles. The molecule has 6 nitrogen and oxygen atoms in total. The Morgan fingerprint density at radius 3 is 2.50 bits per heavy atom. The second kappa shape index (κ2) is 6.92. The summed E-state index contributed by atoms with van der Waals surface area (Å²) in [7, 11) is 0. The standard InChI is InChI=1S/C14H24N2O4/c17-12(18)14(7-3-1-4-8-14)16-13(19)15-10-11-6-2-5-9-20-11/h11H,1-10H2,(H,17,18)(H2,15,16,19). The summed E-state index contributed by atoms with van der Waals surface area (Å²) in [6, 6.07) is -0.400. The van der Waals surface area contributed by atoms with Crippen LogP contribution in [0.2, 0.25) is 0 Å². The minimum absolute atomic E-state index is 0.0571. The quantitative estimate of drug-likeness (QED) is 0.732. The first kappa shape index (κ1) is 15.1. The first-order valence-electron chi connectivity index (χ1n) is 7.53. The molecule has 0 aromatic rings. The molecule has 0 aromatic heterocycles. The van der Waals surface area contributed by atoms with Crippen molar-refractivity contribution in [3.05, 3.63) is 0 Å². The Balaban J connectivity index is 1.80. The van der Waals surface area contributed by atoms with Crippen LogP contribution in [0.15, 0.2) is 0 Å². The molecular weight excluding hydrogens is 260 g/mol. The van der Waals surface area contributed by atoms with E-state index in [1.165, 1.54) is 0 Å². The van der Waals surface area contributed by atoms with Gasteiger partial charge in [0.2, 0.25) is 0 Å². The maximum absolute atomic E-state index is 11.9. The topological polar surface area (TPSA) is 87.7 Å². The van der Waals surface area contributed by atoms with Gasteiger partial charge in [-0.2, -0.15) is 0 Å². The predicted molar refractivity (Wildman–Crippen MR) is 73.6 cm³/mol. The van der Waals surface area contributed by atoms with Gasteiger partial charge in [0.05, 0.1) is 6.10 Å². The van der Waals surface area contributed by atoms with Crippen molar-refractivity contribution < 1.29 is 19.4 Å². The maximum Gasteiger partial charge on any atom is 0.329 e. The molecule has 20 heavy (non-hydrogen) atoms. The molecule has 2 aliphatic rings. The first-order chi connectivity index (χ1) is 9.62. The summed E-state index contributed by atoms with van der Waals surface area (Å²) in [5.74, 6) is -0.929. The minimum atomic E-state index is -1.09. The fourth-order valence-corrected chi connectivity index (χ4v) is 2.98. The van der Waals surface area contributed by atoms with Gasteiger partial charge in [0, 0.05) is 13.2 Å². The number of ether oxygens (including phenoxy) is 1. The molecule has 6 heteroatoms. The van der Waals surface area contributed by atoms with Crippen LogP contribution in [-0.2, 0) is 9.53 Å². The van der Waals surface area contributed by atoms with E-state index in [2.05, 4.69) is 10.6 Å². The number of carboxylic acid groups (broad SMARTS) is 1. The Labute approximate surface area is 119 Å². The zero-order valence-electron chi connectivity index (χ0n) is 11.8. The summed E-state index contributed by atoms with van der Waals surface area (Å²) in [6.07, 6.45) is 6.94. The fraction of sp³-hybridized carbons (Fsp3) is 0.857. The molecule has 0 radical (unpaired) electrons. The van der Waals surface area contributed by atoms with E-state index in [1.54, 1.807) is 0 Å². The van der Waals surface area contributed by atoms with Crippen LogP contribution < -0.4 is 10.6 Å². The number of nitrogens with one attached hydrogen (secondary N) is 2. The highest BCUT2D eigenvalue weighted by molar-refractivity contribution is 5.86. The number of carbonyl (C=O) groups is 2. The third-order valence-corrected chi connectivity index (χ3v) is 4.23.